The lowest BCUT2D eigenvalue weighted by Gasteiger charge is -2.30. The number of nitrogens with one attached hydrogen (secondary N) is 2. The van der Waals surface area contributed by atoms with Crippen molar-refractivity contribution in [3.05, 3.63) is 42.0 Å². The average Bonchev–Trinajstić information content (AvgIpc) is 3.35. The van der Waals surface area contributed by atoms with Gasteiger partial charge in [-0.3, -0.25) is 10.9 Å². The summed E-state index contributed by atoms with van der Waals surface area (Å²) >= 11 is 0. The summed E-state index contributed by atoms with van der Waals surface area (Å²) in [5.74, 6) is 0.182. The van der Waals surface area contributed by atoms with Crippen molar-refractivity contribution in [2.75, 3.05) is 25.5 Å². The Labute approximate surface area is 182 Å². The van der Waals surface area contributed by atoms with E-state index >= 15 is 0 Å². The van der Waals surface area contributed by atoms with Gasteiger partial charge in [0.2, 0.25) is 16.0 Å². The van der Waals surface area contributed by atoms with Gasteiger partial charge in [0.1, 0.15) is 11.1 Å². The van der Waals surface area contributed by atoms with Crippen molar-refractivity contribution in [1.82, 2.24) is 25.1 Å². The number of aromatic nitrogens is 2. The summed E-state index contributed by atoms with van der Waals surface area (Å²) in [5, 5.41) is -0.572. The van der Waals surface area contributed by atoms with Crippen molar-refractivity contribution in [3.63, 3.8) is 0 Å². The first-order chi connectivity index (χ1) is 14.7. The molecule has 2 aliphatic rings. The van der Waals surface area contributed by atoms with Crippen molar-refractivity contribution in [2.24, 2.45) is 0 Å². The molecule has 0 spiro atoms. The highest BCUT2D eigenvalue weighted by Crippen LogP contribution is 2.40. The van der Waals surface area contributed by atoms with Crippen molar-refractivity contribution >= 4 is 16.0 Å². The summed E-state index contributed by atoms with van der Waals surface area (Å²) in [4.78, 5) is 11.0. The fourth-order valence-electron chi connectivity index (χ4n) is 4.56. The Kier molecular flexibility index (Phi) is 5.99. The molecule has 3 atom stereocenters. The zero-order chi connectivity index (χ0) is 22.3. The van der Waals surface area contributed by atoms with Gasteiger partial charge in [0.15, 0.2) is 0 Å². The van der Waals surface area contributed by atoms with Crippen LogP contribution in [0.4, 0.5) is 10.3 Å². The van der Waals surface area contributed by atoms with Crippen LogP contribution in [0.5, 0.6) is 0 Å². The Morgan fingerprint density at radius 3 is 2.39 bits per heavy atom. The van der Waals surface area contributed by atoms with E-state index in [1.54, 1.807) is 27.5 Å². The molecule has 31 heavy (non-hydrogen) atoms. The van der Waals surface area contributed by atoms with Gasteiger partial charge in [-0.1, -0.05) is 12.1 Å². The number of rotatable bonds is 5. The van der Waals surface area contributed by atoms with Crippen LogP contribution in [0.15, 0.2) is 30.5 Å². The molecule has 8 nitrogen and oxygen atoms in total. The van der Waals surface area contributed by atoms with E-state index < -0.39 is 21.3 Å². The molecule has 2 N–H and O–H groups in total. The quantitative estimate of drug-likeness (QED) is 0.724. The van der Waals surface area contributed by atoms with Crippen molar-refractivity contribution in [1.29, 1.82) is 0 Å². The van der Waals surface area contributed by atoms with Gasteiger partial charge in [0, 0.05) is 44.5 Å². The molecule has 168 valence electrons. The minimum Gasteiger partial charge on any atom is -0.347 e. The second kappa shape index (κ2) is 8.42. The predicted octanol–water partition coefficient (Wildman–Crippen LogP) is 2.07. The van der Waals surface area contributed by atoms with Gasteiger partial charge in [-0.2, -0.15) is 4.31 Å². The van der Waals surface area contributed by atoms with Crippen LogP contribution in [-0.4, -0.2) is 60.7 Å². The van der Waals surface area contributed by atoms with E-state index in [0.29, 0.717) is 24.6 Å². The summed E-state index contributed by atoms with van der Waals surface area (Å²) in [6.45, 7) is 4.21. The minimum absolute atomic E-state index is 0.208. The molecular weight excluding hydrogens is 419 g/mol. The number of benzene rings is 1. The fraction of sp³-hybridized carbons (Fsp3) is 0.524. The maximum Gasteiger partial charge on any atom is 0.225 e. The Morgan fingerprint density at radius 1 is 1.13 bits per heavy atom. The molecule has 0 saturated carbocycles. The highest BCUT2D eigenvalue weighted by atomic mass is 32.2. The van der Waals surface area contributed by atoms with E-state index in [2.05, 4.69) is 15.8 Å². The first kappa shape index (κ1) is 22.1. The van der Waals surface area contributed by atoms with Crippen LogP contribution in [-0.2, 0) is 10.0 Å². The Morgan fingerprint density at radius 2 is 1.77 bits per heavy atom. The summed E-state index contributed by atoms with van der Waals surface area (Å²) in [7, 11) is 0.0940. The molecule has 0 aliphatic carbocycles. The zero-order valence-corrected chi connectivity index (χ0v) is 19.0. The maximum atomic E-state index is 13.7. The Bertz CT molecular complexity index is 1040. The van der Waals surface area contributed by atoms with E-state index in [1.165, 1.54) is 12.1 Å². The monoisotopic (exact) mass is 448 g/mol. The minimum atomic E-state index is -3.60. The van der Waals surface area contributed by atoms with E-state index in [0.717, 1.165) is 17.5 Å². The summed E-state index contributed by atoms with van der Waals surface area (Å²) in [6.07, 6.45) is 3.13. The number of sulfonamides is 1. The molecular formula is C21H29FN6O2S. The molecule has 0 amide bonds. The molecule has 0 bridgehead atoms. The van der Waals surface area contributed by atoms with Crippen LogP contribution in [0.1, 0.15) is 38.4 Å². The van der Waals surface area contributed by atoms with Crippen molar-refractivity contribution in [3.8, 4) is 11.1 Å². The Balaban J connectivity index is 1.80. The summed E-state index contributed by atoms with van der Waals surface area (Å²) in [5.41, 5.74) is 8.24. The van der Waals surface area contributed by atoms with Crippen LogP contribution in [0.3, 0.4) is 0 Å². The fourth-order valence-corrected chi connectivity index (χ4v) is 6.98. The van der Waals surface area contributed by atoms with Crippen LogP contribution >= 0.6 is 0 Å². The third-order valence-corrected chi connectivity index (χ3v) is 8.67. The van der Waals surface area contributed by atoms with Gasteiger partial charge < -0.3 is 4.90 Å². The first-order valence-corrected chi connectivity index (χ1v) is 12.0. The highest BCUT2D eigenvalue weighted by Gasteiger charge is 2.47. The standard InChI is InChI=1S/C21H29FN6O2S/c1-13-20(14(2)26-25-13)31(29,30)28-11-5-6-18(28)19-17(12-23-21(24-19)27(3)4)15-7-9-16(22)10-8-15/h7-10,12-14,18,20,25-26H,5-6,11H2,1-4H3. The van der Waals surface area contributed by atoms with Gasteiger partial charge in [0.25, 0.3) is 0 Å². The molecule has 0 radical (unpaired) electrons. The SMILES string of the molecule is CC1NNC(C)C1S(=O)(=O)N1CCCC1c1nc(N(C)C)ncc1-c1ccc(F)cc1. The normalized spacial score (nSPS) is 27.0. The molecule has 10 heteroatoms. The number of anilines is 1. The lowest BCUT2D eigenvalue weighted by molar-refractivity contribution is 0.379. The molecule has 3 heterocycles. The largest absolute Gasteiger partial charge is 0.347 e. The average molecular weight is 449 g/mol. The van der Waals surface area contributed by atoms with Crippen LogP contribution in [0.25, 0.3) is 11.1 Å². The zero-order valence-electron chi connectivity index (χ0n) is 18.2. The molecule has 2 aliphatic heterocycles. The first-order valence-electron chi connectivity index (χ1n) is 10.5. The number of hydrogen-bond acceptors (Lipinski definition) is 7. The Hall–Kier alpha value is -2.14. The van der Waals surface area contributed by atoms with Crippen LogP contribution < -0.4 is 15.8 Å². The van der Waals surface area contributed by atoms with Crippen molar-refractivity contribution < 1.29 is 12.8 Å². The molecule has 4 rings (SSSR count). The molecule has 2 saturated heterocycles. The molecule has 1 aromatic heterocycles. The molecule has 2 aromatic rings. The molecule has 3 unspecified atom stereocenters. The van der Waals surface area contributed by atoms with E-state index in [4.69, 9.17) is 4.98 Å². The highest BCUT2D eigenvalue weighted by molar-refractivity contribution is 7.89. The smallest absolute Gasteiger partial charge is 0.225 e. The van der Waals surface area contributed by atoms with Crippen LogP contribution in [0.2, 0.25) is 0 Å². The van der Waals surface area contributed by atoms with Crippen LogP contribution in [0, 0.1) is 5.82 Å². The molecule has 2 fully saturated rings. The number of halogens is 1. The summed E-state index contributed by atoms with van der Waals surface area (Å²) in [6, 6.07) is 5.32. The third-order valence-electron chi connectivity index (χ3n) is 6.08. The lowest BCUT2D eigenvalue weighted by atomic mass is 10.0. The van der Waals surface area contributed by atoms with Gasteiger partial charge in [-0.25, -0.2) is 22.8 Å². The lowest BCUT2D eigenvalue weighted by Crippen LogP contribution is -2.46. The second-order valence-corrected chi connectivity index (χ2v) is 10.6. The van der Waals surface area contributed by atoms with Gasteiger partial charge in [-0.05, 0) is 44.4 Å². The summed E-state index contributed by atoms with van der Waals surface area (Å²) < 4.78 is 42.5. The topological polar surface area (TPSA) is 90.5 Å². The van der Waals surface area contributed by atoms with Crippen molar-refractivity contribution in [2.45, 2.75) is 50.1 Å². The maximum absolute atomic E-state index is 13.7. The predicted molar refractivity (Wildman–Crippen MR) is 118 cm³/mol. The van der Waals surface area contributed by atoms with Gasteiger partial charge >= 0.3 is 0 Å². The van der Waals surface area contributed by atoms with Gasteiger partial charge in [0.05, 0.1) is 11.7 Å². The number of hydrogen-bond donors (Lipinski definition) is 2. The van der Waals surface area contributed by atoms with E-state index in [-0.39, 0.29) is 17.9 Å². The van der Waals surface area contributed by atoms with E-state index in [1.807, 2.05) is 27.9 Å². The third kappa shape index (κ3) is 4.05. The number of nitrogens with zero attached hydrogens (tertiary/aromatic N) is 4. The second-order valence-electron chi connectivity index (χ2n) is 8.51. The van der Waals surface area contributed by atoms with Gasteiger partial charge in [-0.15, -0.1) is 0 Å². The van der Waals surface area contributed by atoms with E-state index in [9.17, 15) is 12.8 Å². The number of hydrazine groups is 1. The molecule has 1 aromatic carbocycles.